The molecule has 0 aromatic heterocycles. The van der Waals surface area contributed by atoms with Gasteiger partial charge in [-0.25, -0.2) is 0 Å². The fraction of sp³-hybridized carbons (Fsp3) is 0.863. The molecule has 5 saturated carbocycles. The van der Waals surface area contributed by atoms with Crippen molar-refractivity contribution >= 4 is 5.78 Å². The molecule has 0 aromatic carbocycles. The largest absolute Gasteiger partial charge is 0.396 e. The van der Waals surface area contributed by atoms with Gasteiger partial charge >= 0.3 is 0 Å². The maximum Gasteiger partial charge on any atom is 0.182 e. The van der Waals surface area contributed by atoms with Crippen LogP contribution >= 0.6 is 0 Å². The summed E-state index contributed by atoms with van der Waals surface area (Å²) in [5.41, 5.74) is 1.30. The molecule has 0 bridgehead atoms. The van der Waals surface area contributed by atoms with E-state index < -0.39 is 82.1 Å². The molecule has 6 aliphatic carbocycles. The zero-order valence-electron chi connectivity index (χ0n) is 39.3. The Morgan fingerprint density at radius 3 is 2.45 bits per heavy atom. The first-order chi connectivity index (χ1) is 30.9. The van der Waals surface area contributed by atoms with Crippen LogP contribution in [0.25, 0.3) is 0 Å². The highest BCUT2D eigenvalue weighted by Crippen LogP contribution is 2.72. The van der Waals surface area contributed by atoms with Gasteiger partial charge in [-0.2, -0.15) is 0 Å². The molecule has 14 heteroatoms. The second kappa shape index (κ2) is 19.1. The summed E-state index contributed by atoms with van der Waals surface area (Å²) >= 11 is 0. The van der Waals surface area contributed by atoms with Gasteiger partial charge in [0.05, 0.1) is 59.7 Å². The minimum absolute atomic E-state index is 0.0106. The first kappa shape index (κ1) is 49.5. The monoisotopic (exact) mass is 914 g/mol. The lowest BCUT2D eigenvalue weighted by Gasteiger charge is -2.64. The quantitative estimate of drug-likeness (QED) is 0.113. The van der Waals surface area contributed by atoms with Crippen LogP contribution in [0.2, 0.25) is 0 Å². The van der Waals surface area contributed by atoms with Crippen molar-refractivity contribution in [2.75, 3.05) is 19.8 Å². The summed E-state index contributed by atoms with van der Waals surface area (Å²) in [4.78, 5) is 15.4. The minimum atomic E-state index is -1.86. The number of ether oxygens (including phenoxy) is 1. The van der Waals surface area contributed by atoms with Crippen molar-refractivity contribution in [3.8, 4) is 0 Å². The third-order valence-corrected chi connectivity index (χ3v) is 19.1. The van der Waals surface area contributed by atoms with Crippen molar-refractivity contribution < 1.29 is 55.5 Å². The average molecular weight is 914 g/mol. The van der Waals surface area contributed by atoms with E-state index >= 15 is 4.79 Å². The smallest absolute Gasteiger partial charge is 0.182 e. The number of nitrogens with one attached hydrogen (secondary N) is 2. The predicted molar refractivity (Wildman–Crippen MR) is 244 cm³/mol. The van der Waals surface area contributed by atoms with Crippen LogP contribution in [0.5, 0.6) is 0 Å². The Morgan fingerprint density at radius 1 is 0.954 bits per heavy atom. The molecule has 1 saturated heterocycles. The molecule has 2 heterocycles. The van der Waals surface area contributed by atoms with Crippen LogP contribution in [0, 0.1) is 46.3 Å². The third kappa shape index (κ3) is 8.21. The average Bonchev–Trinajstić information content (AvgIpc) is 3.67. The number of ketones is 1. The zero-order valence-corrected chi connectivity index (χ0v) is 39.3. The van der Waals surface area contributed by atoms with Crippen LogP contribution in [0.3, 0.4) is 0 Å². The highest BCUT2D eigenvalue weighted by molar-refractivity contribution is 6.00. The summed E-state index contributed by atoms with van der Waals surface area (Å²) < 4.78 is 6.97. The van der Waals surface area contributed by atoms with Crippen LogP contribution < -0.4 is 16.4 Å². The first-order valence-corrected chi connectivity index (χ1v) is 25.6. The predicted octanol–water partition coefficient (Wildman–Crippen LogP) is 3.10. The Balaban J connectivity index is 1.21. The number of hydrogen-bond acceptors (Lipinski definition) is 14. The second-order valence-electron chi connectivity index (χ2n) is 22.5. The maximum absolute atomic E-state index is 15.4. The van der Waals surface area contributed by atoms with Crippen LogP contribution in [0.15, 0.2) is 34.7 Å². The lowest BCUT2D eigenvalue weighted by molar-refractivity contribution is -0.257. The molecule has 0 radical (unpaired) electrons. The van der Waals surface area contributed by atoms with E-state index in [-0.39, 0.29) is 87.7 Å². The SMILES string of the molecule is CCC[C@@H]1CC[C@H]2[C@H]3[C@@H](O[C@@H]2CC1)[C@@](O)([C@](C)(O)[C@H]1CC[C@@]2(O)C4=C(NC[C@H](C)O)C(=O)[C@@H]5C[C@@H](O)[C@@H](O)C[C@]5(CCC5=C(CCCO)NC(N)C=C5)[C@H]4CC[C@]12CCO)CCC[C@@H]3O. The molecule has 8 aliphatic rings. The van der Waals surface area contributed by atoms with Gasteiger partial charge in [-0.15, -0.1) is 0 Å². The van der Waals surface area contributed by atoms with Crippen LogP contribution in [-0.2, 0) is 9.53 Å². The van der Waals surface area contributed by atoms with Crippen molar-refractivity contribution in [1.29, 1.82) is 0 Å². The normalized spacial score (nSPS) is 45.3. The zero-order chi connectivity index (χ0) is 46.7. The second-order valence-corrected chi connectivity index (χ2v) is 22.5. The maximum atomic E-state index is 15.4. The summed E-state index contributed by atoms with van der Waals surface area (Å²) in [5.74, 6) is -1.95. The van der Waals surface area contributed by atoms with Crippen molar-refractivity contribution in [2.45, 2.75) is 209 Å². The molecule has 0 aromatic rings. The number of hydrogen-bond donors (Lipinski definition) is 12. The molecule has 1 unspecified atom stereocenters. The highest BCUT2D eigenvalue weighted by atomic mass is 16.5. The fourth-order valence-electron chi connectivity index (χ4n) is 16.1. The molecular formula is C51H83N3O11. The van der Waals surface area contributed by atoms with Gasteiger partial charge in [0.2, 0.25) is 0 Å². The molecular weight excluding hydrogens is 831 g/mol. The number of aliphatic hydroxyl groups is 9. The molecule has 0 spiro atoms. The van der Waals surface area contributed by atoms with E-state index in [9.17, 15) is 46.0 Å². The van der Waals surface area contributed by atoms with Gasteiger partial charge < -0.3 is 67.1 Å². The van der Waals surface area contributed by atoms with E-state index in [4.69, 9.17) is 10.5 Å². The van der Waals surface area contributed by atoms with Gasteiger partial charge in [-0.3, -0.25) is 4.79 Å². The topological polar surface area (TPSA) is 258 Å². The number of Topliss-reactive ketones (excluding diaryl/α,β-unsaturated/α-hetero) is 1. The van der Waals surface area contributed by atoms with Gasteiger partial charge in [-0.1, -0.05) is 32.3 Å². The summed E-state index contributed by atoms with van der Waals surface area (Å²) in [7, 11) is 0. The van der Waals surface area contributed by atoms with Gasteiger partial charge in [0.1, 0.15) is 5.60 Å². The standard InChI is InChI=1S/C51H83N3O11/c1-4-7-30-10-13-32-39(14-11-30)65-46-42(32)36(58)9-5-19-51(46,64)47(3,62)40-18-22-50(63)43-33(17-21-49(40,50)23-25-56)48(20-16-31-12-15-41(52)54-35(31)8-6-24-55)27-38(60)37(59)26-34(48)45(61)44(43)53-28-29(2)57/h12,15,29-30,32-34,36-42,46,53-60,62-64H,4-11,13-14,16-28,52H2,1-3H3/t29-,30+,32+,33-,34-,36-,37+,38-,39+,40+,41?,42+,46+,47+,48+,49-,50+,51+/m0/s1. The lowest BCUT2D eigenvalue weighted by Crippen LogP contribution is -2.69. The van der Waals surface area contributed by atoms with E-state index in [2.05, 4.69) is 17.6 Å². The summed E-state index contributed by atoms with van der Waals surface area (Å²) in [6.45, 7) is 5.23. The van der Waals surface area contributed by atoms with Gasteiger partial charge in [0, 0.05) is 42.7 Å². The van der Waals surface area contributed by atoms with E-state index in [0.29, 0.717) is 62.9 Å². The van der Waals surface area contributed by atoms with Crippen molar-refractivity contribution in [2.24, 2.45) is 52.1 Å². The highest BCUT2D eigenvalue weighted by Gasteiger charge is 2.75. The van der Waals surface area contributed by atoms with Crippen LogP contribution in [-0.4, -0.2) is 131 Å². The van der Waals surface area contributed by atoms with Crippen molar-refractivity contribution in [3.05, 3.63) is 34.7 Å². The number of dihydropyridines is 1. The molecule has 13 N–H and O–H groups in total. The minimum Gasteiger partial charge on any atom is -0.396 e. The number of carbonyl (C=O) groups is 1. The summed E-state index contributed by atoms with van der Waals surface area (Å²) in [6, 6.07) is 0. The summed E-state index contributed by atoms with van der Waals surface area (Å²) in [6.07, 6.45) is 9.43. The number of nitrogens with two attached hydrogens (primary N) is 1. The molecule has 2 aliphatic heterocycles. The third-order valence-electron chi connectivity index (χ3n) is 19.1. The Bertz CT molecular complexity index is 1820. The van der Waals surface area contributed by atoms with E-state index in [1.165, 1.54) is 0 Å². The Morgan fingerprint density at radius 2 is 1.72 bits per heavy atom. The van der Waals surface area contributed by atoms with E-state index in [1.807, 2.05) is 12.2 Å². The lowest BCUT2D eigenvalue weighted by atomic mass is 9.42. The Hall–Kier alpha value is -1.95. The molecule has 65 heavy (non-hydrogen) atoms. The van der Waals surface area contributed by atoms with Crippen LogP contribution in [0.1, 0.15) is 149 Å². The molecule has 14 nitrogen and oxygen atoms in total. The van der Waals surface area contributed by atoms with Gasteiger partial charge in [0.25, 0.3) is 0 Å². The van der Waals surface area contributed by atoms with Crippen molar-refractivity contribution in [3.63, 3.8) is 0 Å². The van der Waals surface area contributed by atoms with E-state index in [1.54, 1.807) is 13.8 Å². The number of allylic oxidation sites excluding steroid dienone is 4. The van der Waals surface area contributed by atoms with Crippen LogP contribution in [0.4, 0.5) is 0 Å². The number of rotatable bonds is 15. The van der Waals surface area contributed by atoms with E-state index in [0.717, 1.165) is 49.8 Å². The summed E-state index contributed by atoms with van der Waals surface area (Å²) in [5, 5.41) is 114. The first-order valence-electron chi connectivity index (χ1n) is 25.6. The number of fused-ring (bicyclic) bond motifs is 8. The molecule has 368 valence electrons. The fourth-order valence-corrected chi connectivity index (χ4v) is 16.1. The van der Waals surface area contributed by atoms with Gasteiger partial charge in [0.15, 0.2) is 5.78 Å². The number of aliphatic hydroxyl groups excluding tert-OH is 6. The molecule has 8 rings (SSSR count). The number of carbonyl (C=O) groups excluding carboxylic acids is 1. The van der Waals surface area contributed by atoms with Gasteiger partial charge in [-0.05, 0) is 169 Å². The Kier molecular flexibility index (Phi) is 14.5. The molecule has 6 fully saturated rings. The molecule has 18 atom stereocenters. The van der Waals surface area contributed by atoms with Crippen molar-refractivity contribution in [1.82, 2.24) is 10.6 Å². The molecule has 0 amide bonds. The Labute approximate surface area is 386 Å².